The van der Waals surface area contributed by atoms with E-state index in [-0.39, 0.29) is 11.6 Å². The minimum absolute atomic E-state index is 0.0385. The lowest BCUT2D eigenvalue weighted by Crippen LogP contribution is -2.50. The molecule has 5 heteroatoms. The molecule has 0 radical (unpaired) electrons. The maximum absolute atomic E-state index is 12.4. The highest BCUT2D eigenvalue weighted by Gasteiger charge is 2.27. The minimum Gasteiger partial charge on any atom is -0.333 e. The van der Waals surface area contributed by atoms with Gasteiger partial charge in [0.15, 0.2) is 0 Å². The van der Waals surface area contributed by atoms with E-state index in [4.69, 9.17) is 0 Å². The molecule has 1 aliphatic heterocycles. The zero-order valence-corrected chi connectivity index (χ0v) is 15.6. The summed E-state index contributed by atoms with van der Waals surface area (Å²) in [4.78, 5) is 18.9. The van der Waals surface area contributed by atoms with Crippen LogP contribution in [0.5, 0.6) is 0 Å². The fourth-order valence-electron chi connectivity index (χ4n) is 3.43. The molecule has 0 spiro atoms. The average molecular weight is 340 g/mol. The number of aromatic nitrogens is 2. The van der Waals surface area contributed by atoms with E-state index in [2.05, 4.69) is 33.9 Å². The first-order valence-electron chi connectivity index (χ1n) is 9.01. The van der Waals surface area contributed by atoms with Crippen molar-refractivity contribution in [3.05, 3.63) is 42.2 Å². The largest absolute Gasteiger partial charge is 0.333 e. The molecule has 2 heterocycles. The van der Waals surface area contributed by atoms with Gasteiger partial charge in [0.25, 0.3) is 0 Å². The molecule has 1 N–H and O–H groups in total. The Kier molecular flexibility index (Phi) is 4.84. The van der Waals surface area contributed by atoms with Crippen molar-refractivity contribution in [3.63, 3.8) is 0 Å². The zero-order chi connectivity index (χ0) is 18.0. The van der Waals surface area contributed by atoms with Crippen molar-refractivity contribution in [3.8, 4) is 11.4 Å². The summed E-state index contributed by atoms with van der Waals surface area (Å²) in [6.07, 6.45) is 3.85. The Labute approximate surface area is 150 Å². The lowest BCUT2D eigenvalue weighted by atomic mass is 10.0. The molecule has 1 aromatic carbocycles. The van der Waals surface area contributed by atoms with Gasteiger partial charge in [0.1, 0.15) is 5.82 Å². The Balaban J connectivity index is 1.72. The number of piperidine rings is 1. The number of likely N-dealkylation sites (tertiary alicyclic amines) is 1. The number of rotatable bonds is 2. The van der Waals surface area contributed by atoms with Crippen LogP contribution in [0.15, 0.2) is 36.5 Å². The molecule has 0 aliphatic carbocycles. The first-order chi connectivity index (χ1) is 11.8. The summed E-state index contributed by atoms with van der Waals surface area (Å²) in [6, 6.07) is 10.7. The molecule has 2 aromatic rings. The Hall–Kier alpha value is -2.30. The molecule has 25 heavy (non-hydrogen) atoms. The number of urea groups is 1. The number of benzene rings is 1. The van der Waals surface area contributed by atoms with Gasteiger partial charge in [0.2, 0.25) is 0 Å². The Bertz CT molecular complexity index is 722. The van der Waals surface area contributed by atoms with Gasteiger partial charge in [-0.2, -0.15) is 0 Å². The quantitative estimate of drug-likeness (QED) is 0.898. The third-order valence-electron chi connectivity index (χ3n) is 4.61. The van der Waals surface area contributed by atoms with E-state index in [1.165, 1.54) is 5.69 Å². The van der Waals surface area contributed by atoms with Gasteiger partial charge in [-0.25, -0.2) is 9.78 Å². The highest BCUT2D eigenvalue weighted by atomic mass is 16.2. The number of nitrogens with one attached hydrogen (secondary N) is 1. The van der Waals surface area contributed by atoms with Crippen molar-refractivity contribution in [2.45, 2.75) is 52.1 Å². The molecule has 3 rings (SSSR count). The maximum atomic E-state index is 12.4. The van der Waals surface area contributed by atoms with Crippen molar-refractivity contribution >= 4 is 6.03 Å². The summed E-state index contributed by atoms with van der Waals surface area (Å²) in [5.41, 5.74) is 2.12. The zero-order valence-electron chi connectivity index (χ0n) is 15.6. The second kappa shape index (κ2) is 6.90. The van der Waals surface area contributed by atoms with Crippen molar-refractivity contribution in [2.75, 3.05) is 13.1 Å². The van der Waals surface area contributed by atoms with Crippen LogP contribution < -0.4 is 5.32 Å². The van der Waals surface area contributed by atoms with Crippen LogP contribution in [0.2, 0.25) is 0 Å². The van der Waals surface area contributed by atoms with Crippen LogP contribution in [0, 0.1) is 6.92 Å². The Morgan fingerprint density at radius 2 is 1.80 bits per heavy atom. The van der Waals surface area contributed by atoms with Crippen LogP contribution >= 0.6 is 0 Å². The van der Waals surface area contributed by atoms with Crippen molar-refractivity contribution in [1.29, 1.82) is 0 Å². The smallest absolute Gasteiger partial charge is 0.317 e. The van der Waals surface area contributed by atoms with E-state index in [1.807, 2.05) is 50.1 Å². The van der Waals surface area contributed by atoms with E-state index in [0.717, 1.165) is 37.3 Å². The van der Waals surface area contributed by atoms with E-state index < -0.39 is 0 Å². The van der Waals surface area contributed by atoms with Crippen LogP contribution in [0.1, 0.15) is 45.3 Å². The molecular formula is C20H28N4O. The van der Waals surface area contributed by atoms with Gasteiger partial charge < -0.3 is 14.8 Å². The summed E-state index contributed by atoms with van der Waals surface area (Å²) < 4.78 is 2.34. The SMILES string of the molecule is Cc1cnc(-c2ccccc2)n1C1CCN(C(=O)NC(C)(C)C)CC1. The summed E-state index contributed by atoms with van der Waals surface area (Å²) in [6.45, 7) is 9.70. The highest BCUT2D eigenvalue weighted by molar-refractivity contribution is 5.75. The van der Waals surface area contributed by atoms with Gasteiger partial charge in [-0.3, -0.25) is 0 Å². The molecule has 0 bridgehead atoms. The molecule has 1 aliphatic rings. The van der Waals surface area contributed by atoms with Gasteiger partial charge in [0, 0.05) is 42.1 Å². The van der Waals surface area contributed by atoms with Gasteiger partial charge in [-0.1, -0.05) is 30.3 Å². The molecule has 0 atom stereocenters. The van der Waals surface area contributed by atoms with E-state index in [0.29, 0.717) is 6.04 Å². The highest BCUT2D eigenvalue weighted by Crippen LogP contribution is 2.30. The number of nitrogens with zero attached hydrogens (tertiary/aromatic N) is 3. The van der Waals surface area contributed by atoms with E-state index in [1.54, 1.807) is 0 Å². The minimum atomic E-state index is -0.199. The van der Waals surface area contributed by atoms with Gasteiger partial charge in [0.05, 0.1) is 0 Å². The van der Waals surface area contributed by atoms with Crippen molar-refractivity contribution < 1.29 is 4.79 Å². The van der Waals surface area contributed by atoms with Crippen molar-refractivity contribution in [1.82, 2.24) is 19.8 Å². The van der Waals surface area contributed by atoms with Gasteiger partial charge in [-0.15, -0.1) is 0 Å². The summed E-state index contributed by atoms with van der Waals surface area (Å²) >= 11 is 0. The Morgan fingerprint density at radius 1 is 1.16 bits per heavy atom. The molecule has 1 fully saturated rings. The normalized spacial score (nSPS) is 16.1. The second-order valence-electron chi connectivity index (χ2n) is 7.86. The molecule has 1 aromatic heterocycles. The maximum Gasteiger partial charge on any atom is 0.317 e. The number of carbonyl (C=O) groups is 1. The Morgan fingerprint density at radius 3 is 2.40 bits per heavy atom. The average Bonchev–Trinajstić information content (AvgIpc) is 2.96. The first kappa shape index (κ1) is 17.5. The van der Waals surface area contributed by atoms with Crippen LogP contribution in [-0.2, 0) is 0 Å². The topological polar surface area (TPSA) is 50.2 Å². The lowest BCUT2D eigenvalue weighted by Gasteiger charge is -2.35. The van der Waals surface area contributed by atoms with E-state index >= 15 is 0 Å². The molecule has 5 nitrogen and oxygen atoms in total. The van der Waals surface area contributed by atoms with Crippen LogP contribution in [0.4, 0.5) is 4.79 Å². The van der Waals surface area contributed by atoms with Crippen molar-refractivity contribution in [2.24, 2.45) is 0 Å². The first-order valence-corrected chi connectivity index (χ1v) is 9.01. The fraction of sp³-hybridized carbons (Fsp3) is 0.500. The van der Waals surface area contributed by atoms with Crippen LogP contribution in [0.3, 0.4) is 0 Å². The molecule has 134 valence electrons. The van der Waals surface area contributed by atoms with Crippen LogP contribution in [-0.4, -0.2) is 39.1 Å². The number of carbonyl (C=O) groups excluding carboxylic acids is 1. The third-order valence-corrected chi connectivity index (χ3v) is 4.61. The van der Waals surface area contributed by atoms with E-state index in [9.17, 15) is 4.79 Å². The summed E-state index contributed by atoms with van der Waals surface area (Å²) in [7, 11) is 0. The molecule has 2 amide bonds. The van der Waals surface area contributed by atoms with Gasteiger partial charge in [-0.05, 0) is 40.5 Å². The summed E-state index contributed by atoms with van der Waals surface area (Å²) in [5, 5.41) is 3.05. The number of imidazole rings is 1. The third kappa shape index (κ3) is 4.03. The number of aryl methyl sites for hydroxylation is 1. The monoisotopic (exact) mass is 340 g/mol. The standard InChI is InChI=1S/C20H28N4O/c1-15-14-21-18(16-8-6-5-7-9-16)24(15)17-10-12-23(13-11-17)19(25)22-20(2,3)4/h5-9,14,17H,10-13H2,1-4H3,(H,22,25). The predicted molar refractivity (Wildman–Crippen MR) is 101 cm³/mol. The van der Waals surface area contributed by atoms with Crippen LogP contribution in [0.25, 0.3) is 11.4 Å². The molecule has 0 unspecified atom stereocenters. The number of amides is 2. The fourth-order valence-corrected chi connectivity index (χ4v) is 3.43. The molecular weight excluding hydrogens is 312 g/mol. The second-order valence-corrected chi connectivity index (χ2v) is 7.86. The lowest BCUT2D eigenvalue weighted by molar-refractivity contribution is 0.164. The van der Waals surface area contributed by atoms with Gasteiger partial charge >= 0.3 is 6.03 Å². The number of hydrogen-bond donors (Lipinski definition) is 1. The molecule has 1 saturated heterocycles. The molecule has 0 saturated carbocycles. The number of hydrogen-bond acceptors (Lipinski definition) is 2. The predicted octanol–water partition coefficient (Wildman–Crippen LogP) is 4.00. The summed E-state index contributed by atoms with van der Waals surface area (Å²) in [5.74, 6) is 1.02.